The van der Waals surface area contributed by atoms with Crippen LogP contribution in [0.2, 0.25) is 0 Å². The average Bonchev–Trinajstić information content (AvgIpc) is 3.91. The number of anilines is 1. The summed E-state index contributed by atoms with van der Waals surface area (Å²) in [6.07, 6.45) is 0.374. The van der Waals surface area contributed by atoms with Gasteiger partial charge in [-0.3, -0.25) is 52.9 Å². The number of hydrogen-bond acceptors (Lipinski definition) is 13. The Labute approximate surface area is 485 Å². The van der Waals surface area contributed by atoms with E-state index in [4.69, 9.17) is 19.4 Å². The molecule has 22 heteroatoms. The van der Waals surface area contributed by atoms with Gasteiger partial charge in [0.05, 0.1) is 49.3 Å². The van der Waals surface area contributed by atoms with Crippen molar-refractivity contribution in [3.8, 4) is 0 Å². The molecule has 11 atom stereocenters. The second-order valence-electron chi connectivity index (χ2n) is 22.9. The molecule has 0 saturated carbocycles. The first kappa shape index (κ1) is 69.8. The molecule has 2 aromatic carbocycles. The molecular weight excluding hydrogens is 1050 g/mol. The Hall–Kier alpha value is -6.49. The maximum Gasteiger partial charge on any atom is 0.303 e. The number of hydroxylamine groups is 1. The van der Waals surface area contributed by atoms with E-state index in [9.17, 15) is 43.2 Å². The highest BCUT2D eigenvalue weighted by Gasteiger charge is 2.44. The lowest BCUT2D eigenvalue weighted by atomic mass is 9.89. The topological polar surface area (TPSA) is 283 Å². The van der Waals surface area contributed by atoms with Gasteiger partial charge in [0.25, 0.3) is 5.91 Å². The summed E-state index contributed by atoms with van der Waals surface area (Å²) in [6, 6.07) is 10.5. The van der Waals surface area contributed by atoms with Gasteiger partial charge in [0.1, 0.15) is 24.2 Å². The number of likely N-dealkylation sites (N-methyl/N-ethyl adjacent to an activating group) is 2. The summed E-state index contributed by atoms with van der Waals surface area (Å²) in [5, 5.41) is 22.8. The number of hydrogen-bond donors (Lipinski definition) is 7. The second-order valence-corrected chi connectivity index (χ2v) is 22.9. The minimum absolute atomic E-state index is 0.00204. The first-order valence-corrected chi connectivity index (χ1v) is 28.7. The Morgan fingerprint density at radius 3 is 1.88 bits per heavy atom. The number of carboxylic acids is 1. The number of carboxylic acid groups (broad SMARTS) is 1. The predicted octanol–water partition coefficient (Wildman–Crippen LogP) is 4.45. The molecule has 1 saturated heterocycles. The second kappa shape index (κ2) is 34.2. The number of aliphatic carboxylic acids is 1. The number of carbonyl (C=O) groups excluding carboxylic acids is 8. The molecule has 7 N–H and O–H groups in total. The molecule has 1 fully saturated rings. The maximum absolute atomic E-state index is 14.5. The first-order valence-electron chi connectivity index (χ1n) is 28.7. The van der Waals surface area contributed by atoms with Gasteiger partial charge in [-0.2, -0.15) is 0 Å². The summed E-state index contributed by atoms with van der Waals surface area (Å²) >= 11 is 0. The van der Waals surface area contributed by atoms with Crippen molar-refractivity contribution in [1.82, 2.24) is 41.4 Å². The zero-order valence-electron chi connectivity index (χ0n) is 51.0. The number of rotatable bonds is 34. The standard InChI is InChI=1S/C60H95N9O13/c1-16-38(8)53(68(13)60(79)51(36(4)5)65-59(78)52(37(6)7)67(11)12)46(80-14)33-48(71)69-31-21-24-45(69)54(81-15)39(9)55(74)63-44(32-41-22-18-17-19-23-41)57(76)66-82-34-42-27-29-43(30-28-42)62-56(75)40(10)61-58(77)50(35(2)3)64-47(70)25-20-26-49(72)73/h17-19,22-23,27-30,35-40,44-46,50-54H,16,20-21,24-26,31-34H2,1-15H3,(H,61,77)(H,62,75)(H,63,74)(H,64,70)(H,65,78)(H,66,76)(H,72,73)/t38-,39+,40+,44-,45-,46+,50?,51-,52?,53-,54+/m0/s1. The maximum atomic E-state index is 14.5. The third-order valence-corrected chi connectivity index (χ3v) is 15.3. The Balaban J connectivity index is 1.69. The lowest BCUT2D eigenvalue weighted by Gasteiger charge is -2.41. The molecule has 2 unspecified atom stereocenters. The number of likely N-dealkylation sites (tertiary alicyclic amines) is 1. The van der Waals surface area contributed by atoms with Crippen molar-refractivity contribution in [3.63, 3.8) is 0 Å². The third-order valence-electron chi connectivity index (χ3n) is 15.3. The third kappa shape index (κ3) is 21.0. The number of amides is 8. The smallest absolute Gasteiger partial charge is 0.303 e. The number of methoxy groups -OCH3 is 2. The molecule has 0 aliphatic carbocycles. The molecule has 0 radical (unpaired) electrons. The van der Waals surface area contributed by atoms with Crippen molar-refractivity contribution in [2.45, 2.75) is 182 Å². The number of benzene rings is 2. The van der Waals surface area contributed by atoms with Gasteiger partial charge in [0.2, 0.25) is 41.4 Å². The van der Waals surface area contributed by atoms with Crippen molar-refractivity contribution in [2.24, 2.45) is 29.6 Å². The zero-order chi connectivity index (χ0) is 61.5. The highest BCUT2D eigenvalue weighted by Crippen LogP contribution is 2.30. The van der Waals surface area contributed by atoms with E-state index >= 15 is 0 Å². The van der Waals surface area contributed by atoms with Crippen molar-refractivity contribution in [1.29, 1.82) is 0 Å². The minimum atomic E-state index is -1.08. The molecule has 8 amide bonds. The fourth-order valence-electron chi connectivity index (χ4n) is 10.5. The van der Waals surface area contributed by atoms with Gasteiger partial charge in [-0.1, -0.05) is 111 Å². The lowest BCUT2D eigenvalue weighted by molar-refractivity contribution is -0.148. The zero-order valence-corrected chi connectivity index (χ0v) is 51.0. The summed E-state index contributed by atoms with van der Waals surface area (Å²) in [6.45, 7) is 18.7. The van der Waals surface area contributed by atoms with Gasteiger partial charge in [0.15, 0.2) is 0 Å². The van der Waals surface area contributed by atoms with Crippen molar-refractivity contribution >= 4 is 58.9 Å². The van der Waals surface area contributed by atoms with Crippen LogP contribution in [0.5, 0.6) is 0 Å². The van der Waals surface area contributed by atoms with Gasteiger partial charge < -0.3 is 51.0 Å². The van der Waals surface area contributed by atoms with E-state index in [1.54, 1.807) is 61.9 Å². The van der Waals surface area contributed by atoms with Crippen LogP contribution in [-0.2, 0) is 70.5 Å². The molecule has 458 valence electrons. The van der Waals surface area contributed by atoms with E-state index in [1.807, 2.05) is 90.9 Å². The van der Waals surface area contributed by atoms with Crippen LogP contribution in [-0.4, -0.2) is 169 Å². The fraction of sp³-hybridized carbons (Fsp3) is 0.650. The monoisotopic (exact) mass is 1150 g/mol. The molecule has 82 heavy (non-hydrogen) atoms. The molecule has 22 nitrogen and oxygen atoms in total. The Morgan fingerprint density at radius 2 is 1.33 bits per heavy atom. The molecule has 3 rings (SSSR count). The summed E-state index contributed by atoms with van der Waals surface area (Å²) in [7, 11) is 8.39. The Morgan fingerprint density at radius 1 is 0.695 bits per heavy atom. The predicted molar refractivity (Wildman–Crippen MR) is 311 cm³/mol. The Kier molecular flexibility index (Phi) is 29.1. The van der Waals surface area contributed by atoms with Crippen LogP contribution in [0.15, 0.2) is 54.6 Å². The number of ether oxygens (including phenoxy) is 2. The number of nitrogens with zero attached hydrogens (tertiary/aromatic N) is 3. The van der Waals surface area contributed by atoms with Crippen molar-refractivity contribution in [2.75, 3.05) is 47.2 Å². The first-order chi connectivity index (χ1) is 38.7. The van der Waals surface area contributed by atoms with Crippen LogP contribution >= 0.6 is 0 Å². The molecule has 2 aromatic rings. The van der Waals surface area contributed by atoms with Crippen molar-refractivity contribution < 1.29 is 62.6 Å². The molecule has 1 aliphatic rings. The Bertz CT molecular complexity index is 2400. The van der Waals surface area contributed by atoms with E-state index in [2.05, 4.69) is 32.1 Å². The summed E-state index contributed by atoms with van der Waals surface area (Å²) in [5.74, 6) is -5.88. The quantitative estimate of drug-likeness (QED) is 0.0477. The average molecular weight is 1150 g/mol. The largest absolute Gasteiger partial charge is 0.481 e. The van der Waals surface area contributed by atoms with Crippen LogP contribution < -0.4 is 32.1 Å². The molecule has 0 aromatic heterocycles. The van der Waals surface area contributed by atoms with E-state index in [1.165, 1.54) is 21.1 Å². The van der Waals surface area contributed by atoms with Gasteiger partial charge in [0, 0.05) is 52.8 Å². The van der Waals surface area contributed by atoms with E-state index in [0.29, 0.717) is 37.1 Å². The highest BCUT2D eigenvalue weighted by molar-refractivity contribution is 5.98. The number of carbonyl (C=O) groups is 9. The van der Waals surface area contributed by atoms with Gasteiger partial charge in [-0.25, -0.2) is 5.48 Å². The van der Waals surface area contributed by atoms with Gasteiger partial charge in [-0.15, -0.1) is 0 Å². The van der Waals surface area contributed by atoms with E-state index in [-0.39, 0.29) is 80.1 Å². The molecule has 1 heterocycles. The summed E-state index contributed by atoms with van der Waals surface area (Å²) < 4.78 is 12.1. The van der Waals surface area contributed by atoms with Crippen LogP contribution in [0.3, 0.4) is 0 Å². The van der Waals surface area contributed by atoms with Crippen LogP contribution in [0.4, 0.5) is 5.69 Å². The van der Waals surface area contributed by atoms with Gasteiger partial charge >= 0.3 is 5.97 Å². The fourth-order valence-corrected chi connectivity index (χ4v) is 10.5. The van der Waals surface area contributed by atoms with Gasteiger partial charge in [-0.05, 0) is 87.2 Å². The van der Waals surface area contributed by atoms with E-state index in [0.717, 1.165) is 5.56 Å². The minimum Gasteiger partial charge on any atom is -0.481 e. The number of nitrogens with one attached hydrogen (secondary N) is 6. The molecule has 0 bridgehead atoms. The SMILES string of the molecule is CC[C@H](C)[C@@H]([C@@H](CC(=O)N1CCC[C@H]1[C@H](OC)[C@@H](C)C(=O)N[C@@H](Cc1ccccc1)C(=O)NOCc1ccc(NC(=O)[C@@H](C)NC(=O)C(NC(=O)CCCC(=O)O)C(C)C)cc1)OC)N(C)C(=O)[C@@H](NC(=O)C(C(C)C)N(C)C)C(C)C. The van der Waals surface area contributed by atoms with Crippen LogP contribution in [0.1, 0.15) is 125 Å². The molecule has 0 spiro atoms. The van der Waals surface area contributed by atoms with Crippen LogP contribution in [0.25, 0.3) is 0 Å². The van der Waals surface area contributed by atoms with Crippen molar-refractivity contribution in [3.05, 3.63) is 65.7 Å². The highest BCUT2D eigenvalue weighted by atomic mass is 16.7. The summed E-state index contributed by atoms with van der Waals surface area (Å²) in [5.41, 5.74) is 4.29. The molecule has 1 aliphatic heterocycles. The summed E-state index contributed by atoms with van der Waals surface area (Å²) in [4.78, 5) is 131. The normalized spacial score (nSPS) is 17.1. The van der Waals surface area contributed by atoms with Crippen LogP contribution in [0, 0.1) is 29.6 Å². The lowest BCUT2D eigenvalue weighted by Crippen LogP contribution is -2.59. The molecular formula is C60H95N9O13. The van der Waals surface area contributed by atoms with E-state index < -0.39 is 95.9 Å².